The molecule has 0 spiro atoms. The maximum absolute atomic E-state index is 5.77. The number of hydrogen-bond acceptors (Lipinski definition) is 3. The summed E-state index contributed by atoms with van der Waals surface area (Å²) in [6, 6.07) is 107. The molecular formula is C81H49N9. The first-order valence-electron chi connectivity index (χ1n) is 30.6. The molecule has 9 nitrogen and oxygen atoms in total. The summed E-state index contributed by atoms with van der Waals surface area (Å²) < 4.78 is 14.2. The quantitative estimate of drug-likeness (QED) is 0.160. The highest BCUT2D eigenvalue weighted by Gasteiger charge is 2.27. The van der Waals surface area contributed by atoms with Gasteiger partial charge in [0.15, 0.2) is 5.82 Å². The third kappa shape index (κ3) is 6.71. The van der Waals surface area contributed by atoms with Crippen LogP contribution in [0, 0.1) is 0 Å². The predicted molar refractivity (Wildman–Crippen MR) is 371 cm³/mol. The van der Waals surface area contributed by atoms with Crippen LogP contribution in [0.15, 0.2) is 297 Å². The van der Waals surface area contributed by atoms with Gasteiger partial charge in [-0.1, -0.05) is 194 Å². The van der Waals surface area contributed by atoms with Crippen molar-refractivity contribution in [2.24, 2.45) is 0 Å². The Bertz CT molecular complexity index is 6140. The van der Waals surface area contributed by atoms with Gasteiger partial charge in [0.1, 0.15) is 0 Å². The van der Waals surface area contributed by atoms with Crippen molar-refractivity contribution in [2.45, 2.75) is 0 Å². The maximum Gasteiger partial charge on any atom is 0.240 e. The Morgan fingerprint density at radius 2 is 0.489 bits per heavy atom. The number of rotatable bonds is 7. The van der Waals surface area contributed by atoms with Crippen LogP contribution in [0.25, 0.3) is 177 Å². The lowest BCUT2D eigenvalue weighted by Gasteiger charge is -2.14. The van der Waals surface area contributed by atoms with Crippen LogP contribution < -0.4 is 0 Å². The van der Waals surface area contributed by atoms with E-state index in [2.05, 4.69) is 325 Å². The minimum atomic E-state index is 0.506. The van der Waals surface area contributed by atoms with Gasteiger partial charge in [-0.3, -0.25) is 9.13 Å². The Balaban J connectivity index is 0.884. The molecule has 0 bridgehead atoms. The van der Waals surface area contributed by atoms with E-state index in [1.54, 1.807) is 0 Å². The molecule has 9 heteroatoms. The highest BCUT2D eigenvalue weighted by molar-refractivity contribution is 6.29. The molecular weight excluding hydrogens is 1100 g/mol. The predicted octanol–water partition coefficient (Wildman–Crippen LogP) is 20.1. The first-order valence-corrected chi connectivity index (χ1v) is 30.6. The normalized spacial score (nSPS) is 12.2. The molecule has 0 aliphatic rings. The Hall–Kier alpha value is -12.3. The van der Waals surface area contributed by atoms with Gasteiger partial charge < -0.3 is 18.3 Å². The number of para-hydroxylation sites is 9. The molecule has 0 unspecified atom stereocenters. The summed E-state index contributed by atoms with van der Waals surface area (Å²) in [6.45, 7) is 0. The van der Waals surface area contributed by atoms with Crippen molar-refractivity contribution < 1.29 is 0 Å². The van der Waals surface area contributed by atoms with Crippen molar-refractivity contribution in [3.8, 4) is 46.0 Å². The summed E-state index contributed by atoms with van der Waals surface area (Å²) >= 11 is 0. The molecule has 0 N–H and O–H groups in total. The maximum atomic E-state index is 5.77. The summed E-state index contributed by atoms with van der Waals surface area (Å²) in [5.74, 6) is 1.55. The van der Waals surface area contributed by atoms with Crippen molar-refractivity contribution in [1.29, 1.82) is 0 Å². The van der Waals surface area contributed by atoms with Crippen LogP contribution in [0.1, 0.15) is 0 Å². The second-order valence-corrected chi connectivity index (χ2v) is 23.5. The molecule has 90 heavy (non-hydrogen) atoms. The van der Waals surface area contributed by atoms with Gasteiger partial charge in [-0.25, -0.2) is 0 Å². The molecule has 0 saturated carbocycles. The van der Waals surface area contributed by atoms with Crippen LogP contribution >= 0.6 is 0 Å². The van der Waals surface area contributed by atoms with Crippen molar-refractivity contribution in [3.63, 3.8) is 0 Å². The Labute approximate surface area is 513 Å². The van der Waals surface area contributed by atoms with E-state index >= 15 is 0 Å². The first-order chi connectivity index (χ1) is 44.7. The van der Waals surface area contributed by atoms with Crippen LogP contribution in [0.5, 0.6) is 0 Å². The summed E-state index contributed by atoms with van der Waals surface area (Å²) in [5.41, 5.74) is 18.2. The number of nitrogens with zero attached hydrogens (tertiary/aromatic N) is 9. The van der Waals surface area contributed by atoms with Gasteiger partial charge in [0, 0.05) is 92.9 Å². The van der Waals surface area contributed by atoms with Crippen LogP contribution in [0.4, 0.5) is 0 Å². The average molecular weight is 1150 g/mol. The monoisotopic (exact) mass is 1150 g/mol. The second-order valence-electron chi connectivity index (χ2n) is 23.5. The zero-order valence-electron chi connectivity index (χ0n) is 48.3. The molecule has 418 valence electrons. The van der Waals surface area contributed by atoms with Crippen LogP contribution in [0.3, 0.4) is 0 Å². The molecule has 13 aromatic carbocycles. The van der Waals surface area contributed by atoms with E-state index in [9.17, 15) is 0 Å². The number of benzene rings is 13. The van der Waals surface area contributed by atoms with Gasteiger partial charge in [0.05, 0.1) is 66.2 Å². The zero-order chi connectivity index (χ0) is 58.7. The number of hydrogen-bond donors (Lipinski definition) is 0. The molecule has 0 saturated heterocycles. The topological polar surface area (TPSA) is 68.2 Å². The lowest BCUT2D eigenvalue weighted by atomic mass is 10.1. The van der Waals surface area contributed by atoms with Gasteiger partial charge in [-0.05, 0) is 103 Å². The SMILES string of the molecule is c1ccc(-n2c3ccccc3c3ccc4c(c5ccccc5n4-c4cccc(-c5nc(-n6c7ccccc7c7c6ccc6c8ccccc8n(-c8ccccc8)c67)nc(-n6c7ccccc7c7c6ccc6c8ccccc8n(-c8ccccc8)c67)n5)c4)c32)cc1. The number of aromatic nitrogens is 9. The Kier molecular flexibility index (Phi) is 10.1. The van der Waals surface area contributed by atoms with E-state index in [-0.39, 0.29) is 0 Å². The van der Waals surface area contributed by atoms with Crippen molar-refractivity contribution >= 4 is 131 Å². The van der Waals surface area contributed by atoms with E-state index in [0.29, 0.717) is 17.7 Å². The first kappa shape index (κ1) is 48.9. The summed E-state index contributed by atoms with van der Waals surface area (Å²) in [4.78, 5) is 17.2. The highest BCUT2D eigenvalue weighted by atomic mass is 15.3. The fourth-order valence-electron chi connectivity index (χ4n) is 15.2. The molecule has 0 aliphatic heterocycles. The lowest BCUT2D eigenvalue weighted by molar-refractivity contribution is 0.893. The smallest absolute Gasteiger partial charge is 0.240 e. The minimum absolute atomic E-state index is 0.506. The van der Waals surface area contributed by atoms with Gasteiger partial charge in [0.2, 0.25) is 11.9 Å². The van der Waals surface area contributed by atoms with E-state index in [4.69, 9.17) is 15.0 Å². The molecule has 0 radical (unpaired) electrons. The van der Waals surface area contributed by atoms with Gasteiger partial charge >= 0.3 is 0 Å². The van der Waals surface area contributed by atoms with Crippen molar-refractivity contribution in [1.82, 2.24) is 42.4 Å². The molecule has 7 aromatic heterocycles. The minimum Gasteiger partial charge on any atom is -0.309 e. The van der Waals surface area contributed by atoms with E-state index in [1.165, 1.54) is 54.1 Å². The fourth-order valence-corrected chi connectivity index (χ4v) is 15.2. The van der Waals surface area contributed by atoms with Crippen LogP contribution in [-0.4, -0.2) is 42.4 Å². The molecule has 0 fully saturated rings. The highest BCUT2D eigenvalue weighted by Crippen LogP contribution is 2.46. The summed E-state index contributed by atoms with van der Waals surface area (Å²) in [6.07, 6.45) is 0. The van der Waals surface area contributed by atoms with Crippen LogP contribution in [0.2, 0.25) is 0 Å². The average Bonchev–Trinajstić information content (AvgIpc) is 1.58. The summed E-state index contributed by atoms with van der Waals surface area (Å²) in [7, 11) is 0. The molecule has 0 aliphatic carbocycles. The van der Waals surface area contributed by atoms with Crippen molar-refractivity contribution in [3.05, 3.63) is 297 Å². The molecule has 0 atom stereocenters. The second kappa shape index (κ2) is 18.6. The van der Waals surface area contributed by atoms with E-state index in [1.807, 2.05) is 0 Å². The molecule has 7 heterocycles. The Morgan fingerprint density at radius 1 is 0.189 bits per heavy atom. The van der Waals surface area contributed by atoms with E-state index in [0.717, 1.165) is 105 Å². The fraction of sp³-hybridized carbons (Fsp3) is 0. The lowest BCUT2D eigenvalue weighted by Crippen LogP contribution is -2.10. The molecule has 20 aromatic rings. The van der Waals surface area contributed by atoms with Crippen LogP contribution in [-0.2, 0) is 0 Å². The van der Waals surface area contributed by atoms with Gasteiger partial charge in [-0.2, -0.15) is 15.0 Å². The standard InChI is InChI=1S/C81H49N9/c1-4-24-51(25-5-1)86-64-37-16-10-31-55(64)58-43-46-70-73(76(58)86)61-34-13-19-40-67(61)85(70)54-30-22-23-50(49-54)79-82-80(89-68-41-20-14-35-62(68)74-71(89)47-44-59-56-32-11-17-38-65(56)87(77(59)74)52-26-6-2-7-27-52)84-81(83-79)90-69-42-21-15-36-63(69)75-72(90)48-45-60-57-33-12-18-39-66(57)88(78(60)75)53-28-8-3-9-29-53/h1-49H. The molecule has 0 amide bonds. The third-order valence-corrected chi connectivity index (χ3v) is 18.8. The van der Waals surface area contributed by atoms with E-state index < -0.39 is 0 Å². The van der Waals surface area contributed by atoms with Crippen molar-refractivity contribution in [2.75, 3.05) is 0 Å². The number of fused-ring (bicyclic) bond motifs is 21. The largest absolute Gasteiger partial charge is 0.309 e. The zero-order valence-corrected chi connectivity index (χ0v) is 48.3. The molecule has 20 rings (SSSR count). The Morgan fingerprint density at radius 3 is 0.867 bits per heavy atom. The summed E-state index contributed by atoms with van der Waals surface area (Å²) in [5, 5.41) is 14.0. The van der Waals surface area contributed by atoms with Gasteiger partial charge in [-0.15, -0.1) is 0 Å². The third-order valence-electron chi connectivity index (χ3n) is 18.8. The van der Waals surface area contributed by atoms with Gasteiger partial charge in [0.25, 0.3) is 0 Å².